The Balaban J connectivity index is 0.00000171. The number of hydrogen-bond acceptors (Lipinski definition) is 3. The number of carbonyl (C=O) groups excluding carboxylic acids is 1. The number of fused-ring (bicyclic) bond motifs is 1. The van der Waals surface area contributed by atoms with Crippen molar-refractivity contribution < 1.29 is 14.3 Å². The van der Waals surface area contributed by atoms with Gasteiger partial charge in [-0.1, -0.05) is 64.6 Å². The Morgan fingerprint density at radius 3 is 2.25 bits per heavy atom. The molecular weight excluding hydrogens is 350 g/mol. The van der Waals surface area contributed by atoms with Crippen molar-refractivity contribution in [2.24, 2.45) is 0 Å². The maximum absolute atomic E-state index is 12.3. The third-order valence-electron chi connectivity index (χ3n) is 3.82. The predicted molar refractivity (Wildman–Crippen MR) is 119 cm³/mol. The molecule has 0 saturated carbocycles. The van der Waals surface area contributed by atoms with E-state index < -0.39 is 0 Å². The molecule has 1 aromatic rings. The Labute approximate surface area is 170 Å². The van der Waals surface area contributed by atoms with E-state index >= 15 is 0 Å². The van der Waals surface area contributed by atoms with Gasteiger partial charge in [0.1, 0.15) is 0 Å². The second-order valence-corrected chi connectivity index (χ2v) is 5.25. The zero-order valence-corrected chi connectivity index (χ0v) is 18.2. The minimum Gasteiger partial charge on any atom is -0.493 e. The summed E-state index contributed by atoms with van der Waals surface area (Å²) in [4.78, 5) is 14.1. The van der Waals surface area contributed by atoms with Crippen LogP contribution in [0, 0.1) is 0 Å². The van der Waals surface area contributed by atoms with Crippen LogP contribution in [0.2, 0.25) is 0 Å². The van der Waals surface area contributed by atoms with Crippen LogP contribution in [-0.2, 0) is 20.7 Å². The number of hydrogen-bond donors (Lipinski definition) is 0. The molecule has 0 N–H and O–H groups in total. The molecule has 0 spiro atoms. The maximum atomic E-state index is 12.3. The topological polar surface area (TPSA) is 38.8 Å². The summed E-state index contributed by atoms with van der Waals surface area (Å²) in [7, 11) is 3.14. The van der Waals surface area contributed by atoms with E-state index in [1.807, 2.05) is 62.9 Å². The number of allylic oxidation sites excluding steroid dienone is 4. The number of para-hydroxylation sites is 1. The summed E-state index contributed by atoms with van der Waals surface area (Å²) in [6.45, 7) is 12.4. The number of methoxy groups -OCH3 is 2. The second kappa shape index (κ2) is 15.3. The Morgan fingerprint density at radius 1 is 1.04 bits per heavy atom. The molecule has 0 radical (unpaired) electrons. The fourth-order valence-corrected chi connectivity index (χ4v) is 2.61. The molecule has 154 valence electrons. The van der Waals surface area contributed by atoms with Gasteiger partial charge in [-0.15, -0.1) is 0 Å². The van der Waals surface area contributed by atoms with Gasteiger partial charge in [0.2, 0.25) is 0 Å². The van der Waals surface area contributed by atoms with Crippen molar-refractivity contribution in [1.82, 2.24) is 0 Å². The van der Waals surface area contributed by atoms with Gasteiger partial charge in [-0.05, 0) is 42.7 Å². The van der Waals surface area contributed by atoms with Crippen molar-refractivity contribution in [2.75, 3.05) is 25.7 Å². The summed E-state index contributed by atoms with van der Waals surface area (Å²) in [6.07, 6.45) is 10.3. The Bertz CT molecular complexity index is 687. The smallest absolute Gasteiger partial charge is 0.250 e. The minimum atomic E-state index is 0.0135. The van der Waals surface area contributed by atoms with Crippen molar-refractivity contribution in [3.63, 3.8) is 0 Å². The summed E-state index contributed by atoms with van der Waals surface area (Å²) in [5.74, 6) is 1.18. The Morgan fingerprint density at radius 2 is 1.64 bits per heavy atom. The fourth-order valence-electron chi connectivity index (χ4n) is 2.61. The average Bonchev–Trinajstić information content (AvgIpc) is 3.20. The van der Waals surface area contributed by atoms with Gasteiger partial charge >= 0.3 is 0 Å². The van der Waals surface area contributed by atoms with Gasteiger partial charge in [-0.3, -0.25) is 4.79 Å². The highest BCUT2D eigenvalue weighted by atomic mass is 16.5. The standard InChI is InChI=1S/C20H23NO3.2C2H6/c1-4-18(23-2)19(24-3)12-6-5-7-13-20(22)21-15-14-16-10-8-9-11-17(16)21;2*1-2/h4,6-13H,1,5,14-15H2,2-3H3;2*1-2H3/b12-6-,13-7+,19-18-;;. The van der Waals surface area contributed by atoms with Crippen LogP contribution in [-0.4, -0.2) is 26.7 Å². The van der Waals surface area contributed by atoms with Crippen LogP contribution in [0.3, 0.4) is 0 Å². The van der Waals surface area contributed by atoms with Crippen LogP contribution in [0.15, 0.2) is 72.7 Å². The first-order chi connectivity index (χ1) is 13.7. The highest BCUT2D eigenvalue weighted by molar-refractivity contribution is 6.02. The van der Waals surface area contributed by atoms with Gasteiger partial charge in [-0.25, -0.2) is 0 Å². The Hall–Kier alpha value is -2.75. The SMILES string of the molecule is C=C/C(OC)=C(\C=C/C/C=C/C(=O)N1CCc2ccccc21)OC.CC.CC. The molecule has 4 heteroatoms. The fraction of sp³-hybridized carbons (Fsp3) is 0.375. The van der Waals surface area contributed by atoms with Gasteiger partial charge in [0.05, 0.1) is 14.2 Å². The lowest BCUT2D eigenvalue weighted by atomic mass is 10.2. The molecule has 1 amide bonds. The number of ether oxygens (including phenoxy) is 2. The third-order valence-corrected chi connectivity index (χ3v) is 3.82. The second-order valence-electron chi connectivity index (χ2n) is 5.25. The van der Waals surface area contributed by atoms with Crippen molar-refractivity contribution in [2.45, 2.75) is 40.5 Å². The molecule has 0 bridgehead atoms. The highest BCUT2D eigenvalue weighted by Crippen LogP contribution is 2.27. The van der Waals surface area contributed by atoms with Gasteiger partial charge in [-0.2, -0.15) is 0 Å². The van der Waals surface area contributed by atoms with Crippen LogP contribution >= 0.6 is 0 Å². The molecule has 0 atom stereocenters. The van der Waals surface area contributed by atoms with Gasteiger partial charge < -0.3 is 14.4 Å². The monoisotopic (exact) mass is 385 g/mol. The summed E-state index contributed by atoms with van der Waals surface area (Å²) in [5.41, 5.74) is 2.24. The molecular formula is C24H35NO3. The maximum Gasteiger partial charge on any atom is 0.250 e. The molecule has 0 unspecified atom stereocenters. The number of carbonyl (C=O) groups is 1. The van der Waals surface area contributed by atoms with E-state index in [9.17, 15) is 4.79 Å². The first-order valence-electron chi connectivity index (χ1n) is 9.88. The lowest BCUT2D eigenvalue weighted by Crippen LogP contribution is -2.26. The van der Waals surface area contributed by atoms with Gasteiger partial charge in [0.15, 0.2) is 11.5 Å². The van der Waals surface area contributed by atoms with E-state index in [0.29, 0.717) is 17.9 Å². The average molecular weight is 386 g/mol. The van der Waals surface area contributed by atoms with Crippen LogP contribution in [0.4, 0.5) is 5.69 Å². The van der Waals surface area contributed by atoms with Crippen LogP contribution < -0.4 is 4.90 Å². The lowest BCUT2D eigenvalue weighted by Gasteiger charge is -2.14. The normalized spacial score (nSPS) is 13.0. The highest BCUT2D eigenvalue weighted by Gasteiger charge is 2.21. The summed E-state index contributed by atoms with van der Waals surface area (Å²) >= 11 is 0. The van der Waals surface area contributed by atoms with Crippen molar-refractivity contribution >= 4 is 11.6 Å². The van der Waals surface area contributed by atoms with Crippen molar-refractivity contribution in [3.05, 3.63) is 78.3 Å². The summed E-state index contributed by atoms with van der Waals surface area (Å²) in [5, 5.41) is 0. The molecule has 1 aromatic carbocycles. The molecule has 2 rings (SSSR count). The molecule has 0 fully saturated rings. The minimum absolute atomic E-state index is 0.0135. The van der Waals surface area contributed by atoms with E-state index in [2.05, 4.69) is 12.6 Å². The zero-order chi connectivity index (χ0) is 21.4. The predicted octanol–water partition coefficient (Wildman–Crippen LogP) is 5.82. The zero-order valence-electron chi connectivity index (χ0n) is 18.2. The number of rotatable bonds is 7. The molecule has 28 heavy (non-hydrogen) atoms. The van der Waals surface area contributed by atoms with Crippen LogP contribution in [0.25, 0.3) is 0 Å². The largest absolute Gasteiger partial charge is 0.493 e. The molecule has 0 aromatic heterocycles. The third kappa shape index (κ3) is 7.47. The van der Waals surface area contributed by atoms with E-state index in [0.717, 1.165) is 18.7 Å². The Kier molecular flexibility index (Phi) is 13.8. The van der Waals surface area contributed by atoms with Crippen LogP contribution in [0.5, 0.6) is 0 Å². The number of benzene rings is 1. The number of nitrogens with zero attached hydrogens (tertiary/aromatic N) is 1. The molecule has 0 aliphatic carbocycles. The molecule has 1 aliphatic rings. The van der Waals surface area contributed by atoms with Gasteiger partial charge in [0, 0.05) is 12.2 Å². The lowest BCUT2D eigenvalue weighted by molar-refractivity contribution is -0.114. The van der Waals surface area contributed by atoms with Crippen molar-refractivity contribution in [1.29, 1.82) is 0 Å². The first-order valence-corrected chi connectivity index (χ1v) is 9.88. The summed E-state index contributed by atoms with van der Waals surface area (Å²) < 4.78 is 10.4. The van der Waals surface area contributed by atoms with Crippen molar-refractivity contribution in [3.8, 4) is 0 Å². The molecule has 4 nitrogen and oxygen atoms in total. The van der Waals surface area contributed by atoms with E-state index in [1.165, 1.54) is 5.56 Å². The van der Waals surface area contributed by atoms with Gasteiger partial charge in [0.25, 0.3) is 5.91 Å². The molecule has 0 saturated heterocycles. The summed E-state index contributed by atoms with van der Waals surface area (Å²) in [6, 6.07) is 8.03. The van der Waals surface area contributed by atoms with Crippen LogP contribution in [0.1, 0.15) is 39.7 Å². The molecule has 1 heterocycles. The number of amides is 1. The van der Waals surface area contributed by atoms with E-state index in [4.69, 9.17) is 9.47 Å². The van der Waals surface area contributed by atoms with E-state index in [1.54, 1.807) is 32.4 Å². The van der Waals surface area contributed by atoms with E-state index in [-0.39, 0.29) is 5.91 Å². The first kappa shape index (κ1) is 25.2. The molecule has 1 aliphatic heterocycles. The number of anilines is 1. The quantitative estimate of drug-likeness (QED) is 0.337.